The van der Waals surface area contributed by atoms with Crippen LogP contribution in [0.25, 0.3) is 0 Å². The molecule has 0 radical (unpaired) electrons. The summed E-state index contributed by atoms with van der Waals surface area (Å²) in [5.74, 6) is 0.936. The fraction of sp³-hybridized carbons (Fsp3) is 0.333. The lowest BCUT2D eigenvalue weighted by molar-refractivity contribution is 0.633. The highest BCUT2D eigenvalue weighted by Gasteiger charge is 2.19. The van der Waals surface area contributed by atoms with E-state index < -0.39 is 0 Å². The molecule has 0 saturated carbocycles. The molecule has 3 N–H and O–H groups in total. The molecule has 116 valence electrons. The molecule has 1 aromatic heterocycles. The van der Waals surface area contributed by atoms with E-state index in [0.29, 0.717) is 10.1 Å². The van der Waals surface area contributed by atoms with E-state index in [4.69, 9.17) is 23.8 Å². The molecule has 7 heteroatoms. The molecule has 1 aromatic carbocycles. The van der Waals surface area contributed by atoms with Crippen LogP contribution in [0.2, 0.25) is 5.02 Å². The van der Waals surface area contributed by atoms with Gasteiger partial charge in [-0.1, -0.05) is 11.6 Å². The molecule has 0 saturated heterocycles. The first-order valence-electron chi connectivity index (χ1n) is 7.14. The summed E-state index contributed by atoms with van der Waals surface area (Å²) in [6.07, 6.45) is 0.946. The van der Waals surface area contributed by atoms with E-state index in [1.807, 2.05) is 36.9 Å². The molecule has 1 aliphatic heterocycles. The van der Waals surface area contributed by atoms with Gasteiger partial charge in [-0.05, 0) is 42.9 Å². The van der Waals surface area contributed by atoms with Gasteiger partial charge in [0.05, 0.1) is 5.69 Å². The van der Waals surface area contributed by atoms with Gasteiger partial charge in [-0.15, -0.1) is 0 Å². The van der Waals surface area contributed by atoms with Crippen LogP contribution in [0.4, 0.5) is 11.5 Å². The topological polar surface area (TPSA) is 53.9 Å². The first-order chi connectivity index (χ1) is 10.5. The van der Waals surface area contributed by atoms with Crippen LogP contribution in [0.3, 0.4) is 0 Å². The van der Waals surface area contributed by atoms with Crippen LogP contribution in [0.1, 0.15) is 16.8 Å². The number of hydrogen-bond acceptors (Lipinski definition) is 3. The monoisotopic (exact) mass is 335 g/mol. The Kier molecular flexibility index (Phi) is 4.33. The Morgan fingerprint density at radius 2 is 2.23 bits per heavy atom. The number of rotatable bonds is 2. The van der Waals surface area contributed by atoms with E-state index >= 15 is 0 Å². The van der Waals surface area contributed by atoms with Crippen molar-refractivity contribution in [1.82, 2.24) is 15.1 Å². The molecule has 0 aliphatic carbocycles. The predicted molar refractivity (Wildman–Crippen MR) is 94.7 cm³/mol. The Morgan fingerprint density at radius 3 is 3.00 bits per heavy atom. The quantitative estimate of drug-likeness (QED) is 0.737. The molecule has 5 nitrogen and oxygen atoms in total. The van der Waals surface area contributed by atoms with E-state index in [0.717, 1.165) is 42.3 Å². The average molecular weight is 336 g/mol. The predicted octanol–water partition coefficient (Wildman–Crippen LogP) is 2.84. The minimum Gasteiger partial charge on any atom is -0.332 e. The van der Waals surface area contributed by atoms with Gasteiger partial charge in [0.1, 0.15) is 5.82 Å². The van der Waals surface area contributed by atoms with Crippen LogP contribution in [0.5, 0.6) is 0 Å². The van der Waals surface area contributed by atoms with Gasteiger partial charge < -0.3 is 16.0 Å². The van der Waals surface area contributed by atoms with Crippen molar-refractivity contribution < 1.29 is 0 Å². The SMILES string of the molecule is Cc1cc(Cl)ccc1NC(=S)Nc1c2c(nn1C)CCNC2. The second-order valence-corrected chi connectivity index (χ2v) is 6.21. The number of nitrogens with zero attached hydrogens (tertiary/aromatic N) is 2. The number of aryl methyl sites for hydroxylation is 2. The van der Waals surface area contributed by atoms with Crippen molar-refractivity contribution >= 4 is 40.4 Å². The number of nitrogens with one attached hydrogen (secondary N) is 3. The van der Waals surface area contributed by atoms with E-state index in [9.17, 15) is 0 Å². The van der Waals surface area contributed by atoms with Crippen LogP contribution in [0.15, 0.2) is 18.2 Å². The minimum atomic E-state index is 0.543. The largest absolute Gasteiger partial charge is 0.332 e. The molecule has 0 atom stereocenters. The molecule has 0 amide bonds. The molecule has 0 bridgehead atoms. The lowest BCUT2D eigenvalue weighted by Gasteiger charge is -2.16. The minimum absolute atomic E-state index is 0.543. The summed E-state index contributed by atoms with van der Waals surface area (Å²) in [4.78, 5) is 0. The molecule has 0 spiro atoms. The summed E-state index contributed by atoms with van der Waals surface area (Å²) in [6.45, 7) is 3.77. The summed E-state index contributed by atoms with van der Waals surface area (Å²) in [6, 6.07) is 5.67. The summed E-state index contributed by atoms with van der Waals surface area (Å²) in [5.41, 5.74) is 4.31. The summed E-state index contributed by atoms with van der Waals surface area (Å²) in [7, 11) is 1.93. The van der Waals surface area contributed by atoms with Crippen molar-refractivity contribution in [2.24, 2.45) is 7.05 Å². The Labute approximate surface area is 140 Å². The van der Waals surface area contributed by atoms with Crippen molar-refractivity contribution in [3.05, 3.63) is 40.0 Å². The number of benzene rings is 1. The third-order valence-electron chi connectivity index (χ3n) is 3.74. The summed E-state index contributed by atoms with van der Waals surface area (Å²) < 4.78 is 1.85. The van der Waals surface area contributed by atoms with Crippen LogP contribution in [0, 0.1) is 6.92 Å². The van der Waals surface area contributed by atoms with Gasteiger partial charge in [-0.3, -0.25) is 4.68 Å². The van der Waals surface area contributed by atoms with Crippen LogP contribution in [-0.4, -0.2) is 21.4 Å². The molecule has 0 unspecified atom stereocenters. The molecule has 3 rings (SSSR count). The highest BCUT2D eigenvalue weighted by Crippen LogP contribution is 2.23. The van der Waals surface area contributed by atoms with Gasteiger partial charge in [-0.25, -0.2) is 0 Å². The van der Waals surface area contributed by atoms with Crippen molar-refractivity contribution in [2.75, 3.05) is 17.2 Å². The van der Waals surface area contributed by atoms with Gasteiger partial charge in [0.25, 0.3) is 0 Å². The van der Waals surface area contributed by atoms with Crippen LogP contribution < -0.4 is 16.0 Å². The zero-order chi connectivity index (χ0) is 15.7. The molecule has 2 aromatic rings. The second-order valence-electron chi connectivity index (χ2n) is 5.36. The Bertz CT molecular complexity index is 725. The smallest absolute Gasteiger partial charge is 0.176 e. The molecular weight excluding hydrogens is 318 g/mol. The zero-order valence-electron chi connectivity index (χ0n) is 12.5. The molecule has 0 fully saturated rings. The zero-order valence-corrected chi connectivity index (χ0v) is 14.1. The second kappa shape index (κ2) is 6.24. The maximum Gasteiger partial charge on any atom is 0.176 e. The fourth-order valence-corrected chi connectivity index (χ4v) is 3.05. The Morgan fingerprint density at radius 1 is 1.41 bits per heavy atom. The number of hydrogen-bond donors (Lipinski definition) is 3. The van der Waals surface area contributed by atoms with Crippen molar-refractivity contribution in [1.29, 1.82) is 0 Å². The van der Waals surface area contributed by atoms with Crippen molar-refractivity contribution in [2.45, 2.75) is 19.9 Å². The molecule has 1 aliphatic rings. The normalized spacial score (nSPS) is 13.6. The molecule has 2 heterocycles. The van der Waals surface area contributed by atoms with Gasteiger partial charge in [-0.2, -0.15) is 5.10 Å². The maximum atomic E-state index is 5.97. The lowest BCUT2D eigenvalue weighted by atomic mass is 10.1. The maximum absolute atomic E-state index is 5.97. The van der Waals surface area contributed by atoms with Gasteiger partial charge in [0.15, 0.2) is 5.11 Å². The van der Waals surface area contributed by atoms with E-state index in [-0.39, 0.29) is 0 Å². The van der Waals surface area contributed by atoms with E-state index in [2.05, 4.69) is 21.0 Å². The van der Waals surface area contributed by atoms with E-state index in [1.54, 1.807) is 0 Å². The Balaban J connectivity index is 1.76. The number of halogens is 1. The van der Waals surface area contributed by atoms with Crippen LogP contribution in [-0.2, 0) is 20.0 Å². The van der Waals surface area contributed by atoms with Crippen molar-refractivity contribution in [3.8, 4) is 0 Å². The number of fused-ring (bicyclic) bond motifs is 1. The number of thiocarbonyl (C=S) groups is 1. The van der Waals surface area contributed by atoms with Crippen LogP contribution >= 0.6 is 23.8 Å². The lowest BCUT2D eigenvalue weighted by Crippen LogP contribution is -2.25. The molecule has 22 heavy (non-hydrogen) atoms. The molecular formula is C15H18ClN5S. The average Bonchev–Trinajstić information content (AvgIpc) is 2.78. The Hall–Kier alpha value is -1.63. The third kappa shape index (κ3) is 3.09. The summed E-state index contributed by atoms with van der Waals surface area (Å²) in [5, 5.41) is 15.6. The highest BCUT2D eigenvalue weighted by atomic mass is 35.5. The van der Waals surface area contributed by atoms with Crippen molar-refractivity contribution in [3.63, 3.8) is 0 Å². The third-order valence-corrected chi connectivity index (χ3v) is 4.18. The standard InChI is InChI=1S/C15H18ClN5S/c1-9-7-10(16)3-4-12(9)18-15(22)19-14-11-8-17-6-5-13(11)20-21(14)2/h3-4,7,17H,5-6,8H2,1-2H3,(H2,18,19,22). The number of aromatic nitrogens is 2. The van der Waals surface area contributed by atoms with E-state index in [1.165, 1.54) is 5.56 Å². The van der Waals surface area contributed by atoms with Gasteiger partial charge in [0, 0.05) is 42.8 Å². The first-order valence-corrected chi connectivity index (χ1v) is 7.93. The number of anilines is 2. The highest BCUT2D eigenvalue weighted by molar-refractivity contribution is 7.80. The first kappa shape index (κ1) is 15.3. The fourth-order valence-electron chi connectivity index (χ4n) is 2.62. The van der Waals surface area contributed by atoms with Gasteiger partial charge in [0.2, 0.25) is 0 Å². The van der Waals surface area contributed by atoms with Gasteiger partial charge >= 0.3 is 0 Å². The summed E-state index contributed by atoms with van der Waals surface area (Å²) >= 11 is 11.4.